The number of fused-ring (bicyclic) bond motifs is 6. The molecule has 0 amide bonds. The molecule has 0 bridgehead atoms. The molecule has 0 aliphatic rings. The first-order valence-corrected chi connectivity index (χ1v) is 18.9. The highest BCUT2D eigenvalue weighted by Gasteiger charge is 2.16. The molecule has 0 saturated heterocycles. The Morgan fingerprint density at radius 1 is 0.712 bits per heavy atom. The molecule has 4 aromatic heterocycles. The number of ether oxygens (including phenoxy) is 3. The minimum absolute atomic E-state index is 0.218. The van der Waals surface area contributed by atoms with Gasteiger partial charge in [-0.15, -0.1) is 22.7 Å². The third-order valence-corrected chi connectivity index (χ3v) is 10.9. The number of rotatable bonds is 12. The largest absolute Gasteiger partial charge is 0.495 e. The second-order valence-electron chi connectivity index (χ2n) is 11.7. The molecule has 268 valence electrons. The van der Waals surface area contributed by atoms with Crippen LogP contribution in [0.3, 0.4) is 0 Å². The van der Waals surface area contributed by atoms with Crippen LogP contribution >= 0.6 is 45.9 Å². The highest BCUT2D eigenvalue weighted by atomic mass is 35.5. The number of carbonyl (C=O) groups excluding carboxylic acids is 2. The Bertz CT molecular complexity index is 2380. The molecule has 0 aliphatic heterocycles. The van der Waals surface area contributed by atoms with Gasteiger partial charge in [0.1, 0.15) is 38.0 Å². The zero-order chi connectivity index (χ0) is 36.6. The summed E-state index contributed by atoms with van der Waals surface area (Å²) in [7, 11) is 4.38. The van der Waals surface area contributed by atoms with Crippen molar-refractivity contribution < 1.29 is 23.8 Å². The second-order valence-corrected chi connectivity index (χ2v) is 14.5. The normalized spacial score (nSPS) is 11.1. The number of hydrogen-bond donors (Lipinski definition) is 1. The highest BCUT2D eigenvalue weighted by Crippen LogP contribution is 2.38. The predicted molar refractivity (Wildman–Crippen MR) is 210 cm³/mol. The fourth-order valence-corrected chi connectivity index (χ4v) is 8.45. The number of anilines is 1. The van der Waals surface area contributed by atoms with E-state index in [0.29, 0.717) is 72.6 Å². The number of hydrogen-bond acceptors (Lipinski definition) is 12. The van der Waals surface area contributed by atoms with Crippen molar-refractivity contribution in [3.8, 4) is 5.75 Å². The fraction of sp³-hybridized carbons (Fsp3) is 0.263. The highest BCUT2D eigenvalue weighted by molar-refractivity contribution is 7.26. The zero-order valence-corrected chi connectivity index (χ0v) is 31.8. The van der Waals surface area contributed by atoms with Crippen molar-refractivity contribution in [2.75, 3.05) is 26.6 Å². The van der Waals surface area contributed by atoms with E-state index >= 15 is 0 Å². The maximum Gasteiger partial charge on any atom is 0.305 e. The van der Waals surface area contributed by atoms with E-state index in [1.807, 2.05) is 48.5 Å². The van der Waals surface area contributed by atoms with Gasteiger partial charge in [-0.25, -0.2) is 19.9 Å². The SMILES string of the molecule is COC(=O)CCCc1nc(Cl)c2c(n1)sc1ccccc12.COC(=O)CCCc1nc(NCc2ccc(OC)c(Cl)c2)c2c(n1)sc1ccccc12. The molecule has 0 fully saturated rings. The maximum atomic E-state index is 11.4. The van der Waals surface area contributed by atoms with Gasteiger partial charge in [-0.05, 0) is 42.7 Å². The van der Waals surface area contributed by atoms with E-state index in [1.54, 1.807) is 29.8 Å². The molecule has 10 nitrogen and oxygen atoms in total. The zero-order valence-electron chi connectivity index (χ0n) is 28.7. The summed E-state index contributed by atoms with van der Waals surface area (Å²) in [6.45, 7) is 0.557. The van der Waals surface area contributed by atoms with Crippen molar-refractivity contribution in [1.29, 1.82) is 0 Å². The van der Waals surface area contributed by atoms with Gasteiger partial charge in [-0.1, -0.05) is 65.7 Å². The van der Waals surface area contributed by atoms with Gasteiger partial charge < -0.3 is 19.5 Å². The summed E-state index contributed by atoms with van der Waals surface area (Å²) < 4.78 is 16.9. The molecule has 7 aromatic rings. The Hall–Kier alpha value is -4.62. The molecule has 0 saturated carbocycles. The van der Waals surface area contributed by atoms with Crippen molar-refractivity contribution in [1.82, 2.24) is 19.9 Å². The maximum absolute atomic E-state index is 11.4. The smallest absolute Gasteiger partial charge is 0.305 e. The van der Waals surface area contributed by atoms with E-state index in [-0.39, 0.29) is 11.9 Å². The summed E-state index contributed by atoms with van der Waals surface area (Å²) in [4.78, 5) is 42.9. The van der Waals surface area contributed by atoms with E-state index < -0.39 is 0 Å². The lowest BCUT2D eigenvalue weighted by atomic mass is 10.2. The van der Waals surface area contributed by atoms with E-state index in [4.69, 9.17) is 42.6 Å². The third-order valence-electron chi connectivity index (χ3n) is 8.22. The number of nitrogens with zero attached hydrogens (tertiary/aromatic N) is 4. The van der Waals surface area contributed by atoms with E-state index in [9.17, 15) is 9.59 Å². The molecule has 3 aromatic carbocycles. The van der Waals surface area contributed by atoms with Gasteiger partial charge in [0.05, 0.1) is 37.1 Å². The molecule has 0 aliphatic carbocycles. The van der Waals surface area contributed by atoms with Crippen molar-refractivity contribution in [2.24, 2.45) is 0 Å². The Morgan fingerprint density at radius 2 is 1.27 bits per heavy atom. The number of carbonyl (C=O) groups is 2. The van der Waals surface area contributed by atoms with Gasteiger partial charge in [0.25, 0.3) is 0 Å². The second kappa shape index (κ2) is 17.3. The van der Waals surface area contributed by atoms with Crippen LogP contribution in [0, 0.1) is 0 Å². The minimum atomic E-state index is -0.224. The molecule has 52 heavy (non-hydrogen) atoms. The number of halogens is 2. The van der Waals surface area contributed by atoms with Gasteiger partial charge in [0.15, 0.2) is 0 Å². The molecule has 4 heterocycles. The average Bonchev–Trinajstić information content (AvgIpc) is 3.72. The van der Waals surface area contributed by atoms with Crippen LogP contribution in [0.5, 0.6) is 5.75 Å². The van der Waals surface area contributed by atoms with Crippen LogP contribution < -0.4 is 10.1 Å². The van der Waals surface area contributed by atoms with Gasteiger partial charge >= 0.3 is 11.9 Å². The molecular formula is C38H35Cl2N5O5S2. The number of methoxy groups -OCH3 is 3. The Balaban J connectivity index is 0.000000192. The molecule has 0 unspecified atom stereocenters. The first kappa shape index (κ1) is 37.1. The number of benzene rings is 3. The van der Waals surface area contributed by atoms with Crippen LogP contribution in [-0.4, -0.2) is 53.2 Å². The van der Waals surface area contributed by atoms with Crippen molar-refractivity contribution in [3.05, 3.63) is 94.1 Å². The van der Waals surface area contributed by atoms with Crippen LogP contribution in [0.15, 0.2) is 66.7 Å². The minimum Gasteiger partial charge on any atom is -0.495 e. The molecule has 7 rings (SSSR count). The number of thiophene rings is 2. The Labute approximate surface area is 318 Å². The first-order chi connectivity index (χ1) is 25.3. The Morgan fingerprint density at radius 3 is 1.85 bits per heavy atom. The van der Waals surface area contributed by atoms with E-state index in [2.05, 4.69) is 38.2 Å². The lowest BCUT2D eigenvalue weighted by Crippen LogP contribution is -2.06. The summed E-state index contributed by atoms with van der Waals surface area (Å²) >= 11 is 15.8. The summed E-state index contributed by atoms with van der Waals surface area (Å²) in [6, 6.07) is 22.0. The Kier molecular flexibility index (Phi) is 12.3. The lowest BCUT2D eigenvalue weighted by molar-refractivity contribution is -0.141. The van der Waals surface area contributed by atoms with Crippen LogP contribution in [0.25, 0.3) is 40.6 Å². The monoisotopic (exact) mass is 775 g/mol. The summed E-state index contributed by atoms with van der Waals surface area (Å²) in [5, 5.41) is 8.64. The summed E-state index contributed by atoms with van der Waals surface area (Å²) in [5.41, 5.74) is 1.02. The van der Waals surface area contributed by atoms with Gasteiger partial charge in [-0.3, -0.25) is 9.59 Å². The third kappa shape index (κ3) is 8.70. The summed E-state index contributed by atoms with van der Waals surface area (Å²) in [6.07, 6.45) is 3.21. The van der Waals surface area contributed by atoms with Crippen molar-refractivity contribution in [3.63, 3.8) is 0 Å². The number of esters is 2. The fourth-order valence-electron chi connectivity index (χ4n) is 5.63. The van der Waals surface area contributed by atoms with Crippen molar-refractivity contribution >= 4 is 104 Å². The molecule has 0 spiro atoms. The summed E-state index contributed by atoms with van der Waals surface area (Å²) in [5.74, 6) is 2.36. The molecule has 1 N–H and O–H groups in total. The number of aromatic nitrogens is 4. The number of nitrogens with one attached hydrogen (secondary N) is 1. The van der Waals surface area contributed by atoms with Crippen molar-refractivity contribution in [2.45, 2.75) is 45.1 Å². The predicted octanol–water partition coefficient (Wildman–Crippen LogP) is 9.61. The van der Waals surface area contributed by atoms with Gasteiger partial charge in [-0.2, -0.15) is 0 Å². The van der Waals surface area contributed by atoms with Crippen LogP contribution in [0.2, 0.25) is 10.2 Å². The standard InChI is InChI=1S/C23H22ClN3O3S.C15H13ClN2O2S/c1-29-17-11-10-14(12-16(17)24)13-25-22-21-15-6-3-4-7-18(15)31-23(21)27-19(26-22)8-5-9-20(28)30-2;1-20-12(19)8-4-7-11-17-14(16)13-9-5-2-3-6-10(9)21-15(13)18-11/h3-4,6-7,10-12H,5,8-9,13H2,1-2H3,(H,25,26,27);2-3,5-6H,4,7-8H2,1H3. The quantitative estimate of drug-likeness (QED) is 0.0947. The van der Waals surface area contributed by atoms with E-state index in [1.165, 1.54) is 14.2 Å². The average molecular weight is 777 g/mol. The molecule has 14 heteroatoms. The van der Waals surface area contributed by atoms with Crippen LogP contribution in [-0.2, 0) is 38.4 Å². The molecule has 0 atom stereocenters. The first-order valence-electron chi connectivity index (χ1n) is 16.5. The molecule has 0 radical (unpaired) electrons. The topological polar surface area (TPSA) is 125 Å². The molecular weight excluding hydrogens is 741 g/mol. The number of aryl methyl sites for hydroxylation is 2. The lowest BCUT2D eigenvalue weighted by Gasteiger charge is -2.11. The van der Waals surface area contributed by atoms with E-state index in [0.717, 1.165) is 52.0 Å². The van der Waals surface area contributed by atoms with Crippen LogP contribution in [0.4, 0.5) is 5.82 Å². The van der Waals surface area contributed by atoms with Gasteiger partial charge in [0, 0.05) is 52.4 Å². The van der Waals surface area contributed by atoms with Crippen LogP contribution in [0.1, 0.15) is 42.9 Å². The van der Waals surface area contributed by atoms with Gasteiger partial charge in [0.2, 0.25) is 0 Å².